The van der Waals surface area contributed by atoms with E-state index in [0.29, 0.717) is 9.18 Å². The Kier molecular flexibility index (Phi) is 6.01. The minimum Gasteiger partial charge on any atom is -0.465 e. The van der Waals surface area contributed by atoms with Crippen LogP contribution in [0.1, 0.15) is 26.5 Å². The number of methoxy groups -OCH3 is 1. The van der Waals surface area contributed by atoms with Crippen molar-refractivity contribution in [3.05, 3.63) is 68.6 Å². The number of nitrogens with one attached hydrogen (secondary N) is 1. The Morgan fingerprint density at radius 3 is 2.52 bits per heavy atom. The quantitative estimate of drug-likeness (QED) is 0.313. The smallest absolute Gasteiger partial charge is 0.433 e. The molecule has 0 aliphatic carbocycles. The number of hydrogen-bond acceptors (Lipinski definition) is 6. The Morgan fingerprint density at radius 1 is 1.15 bits per heavy atom. The molecule has 0 fully saturated rings. The van der Waals surface area contributed by atoms with Gasteiger partial charge >= 0.3 is 12.1 Å². The van der Waals surface area contributed by atoms with Crippen molar-refractivity contribution in [2.24, 2.45) is 0 Å². The van der Waals surface area contributed by atoms with E-state index < -0.39 is 23.7 Å². The molecule has 170 valence electrons. The van der Waals surface area contributed by atoms with Crippen LogP contribution in [0.4, 0.5) is 18.9 Å². The molecular weight excluding hydrogens is 577 g/mol. The van der Waals surface area contributed by atoms with Gasteiger partial charge in [-0.05, 0) is 62.2 Å². The first-order valence-corrected chi connectivity index (χ1v) is 10.6. The van der Waals surface area contributed by atoms with E-state index in [2.05, 4.69) is 52.0 Å². The molecule has 0 spiro atoms. The van der Waals surface area contributed by atoms with Gasteiger partial charge in [0.25, 0.3) is 5.91 Å². The molecule has 3 aromatic heterocycles. The molecule has 1 aromatic carbocycles. The fraction of sp³-hybridized carbons (Fsp3) is 0.100. The predicted molar refractivity (Wildman–Crippen MR) is 117 cm³/mol. The lowest BCUT2D eigenvalue weighted by Gasteiger charge is -2.10. The number of benzene rings is 1. The lowest BCUT2D eigenvalue weighted by Crippen LogP contribution is -2.17. The van der Waals surface area contributed by atoms with Crippen LogP contribution in [0.2, 0.25) is 0 Å². The summed E-state index contributed by atoms with van der Waals surface area (Å²) in [5, 5.41) is 6.30. The van der Waals surface area contributed by atoms with Gasteiger partial charge < -0.3 is 14.5 Å². The summed E-state index contributed by atoms with van der Waals surface area (Å²) >= 11 is 6.23. The molecule has 0 aliphatic rings. The predicted octanol–water partition coefficient (Wildman–Crippen LogP) is 5.57. The molecule has 0 saturated carbocycles. The fourth-order valence-electron chi connectivity index (χ4n) is 2.98. The van der Waals surface area contributed by atoms with Crippen LogP contribution in [0, 0.1) is 0 Å². The van der Waals surface area contributed by atoms with Gasteiger partial charge in [-0.25, -0.2) is 14.3 Å². The third-order valence-corrected chi connectivity index (χ3v) is 5.60. The summed E-state index contributed by atoms with van der Waals surface area (Å²) in [4.78, 5) is 29.0. The van der Waals surface area contributed by atoms with Crippen LogP contribution >= 0.6 is 31.9 Å². The van der Waals surface area contributed by atoms with Crippen molar-refractivity contribution in [3.63, 3.8) is 0 Å². The lowest BCUT2D eigenvalue weighted by molar-refractivity contribution is -0.142. The zero-order valence-electron chi connectivity index (χ0n) is 16.4. The number of esters is 1. The highest BCUT2D eigenvalue weighted by Crippen LogP contribution is 2.35. The van der Waals surface area contributed by atoms with Gasteiger partial charge in [0.1, 0.15) is 5.69 Å². The average molecular weight is 588 g/mol. The largest absolute Gasteiger partial charge is 0.465 e. The van der Waals surface area contributed by atoms with Gasteiger partial charge in [-0.3, -0.25) is 4.79 Å². The van der Waals surface area contributed by atoms with E-state index in [9.17, 15) is 22.8 Å². The Labute approximate surface area is 200 Å². The molecule has 0 unspecified atom stereocenters. The van der Waals surface area contributed by atoms with E-state index >= 15 is 0 Å². The number of para-hydroxylation sites is 1. The topological polar surface area (TPSA) is 98.7 Å². The van der Waals surface area contributed by atoms with Gasteiger partial charge in [-0.15, -0.1) is 0 Å². The standard InChI is InChI=1S/C20H11Br2F3N4O4/c1-32-19(31)9-4-2-3-5-10(9)27-18(30)16-15(22)17-26-11(12-6-7-14(21)33-12)8-13(20(23,24)25)29(17)28-16/h2-8H,1H3,(H,27,30). The van der Waals surface area contributed by atoms with Gasteiger partial charge in [0.2, 0.25) is 0 Å². The molecule has 0 atom stereocenters. The maximum atomic E-state index is 13.8. The number of amides is 1. The molecule has 0 aliphatic heterocycles. The van der Waals surface area contributed by atoms with Crippen LogP contribution < -0.4 is 5.32 Å². The highest BCUT2D eigenvalue weighted by Gasteiger charge is 2.37. The first-order chi connectivity index (χ1) is 15.6. The van der Waals surface area contributed by atoms with Crippen molar-refractivity contribution in [3.8, 4) is 11.5 Å². The first kappa shape index (κ1) is 23.0. The minimum absolute atomic E-state index is 0.0630. The molecular formula is C20H11Br2F3N4O4. The highest BCUT2D eigenvalue weighted by atomic mass is 79.9. The number of aromatic nitrogens is 3. The number of nitrogens with zero attached hydrogens (tertiary/aromatic N) is 3. The van der Waals surface area contributed by atoms with Crippen LogP contribution in [-0.4, -0.2) is 33.6 Å². The maximum Gasteiger partial charge on any atom is 0.433 e. The molecule has 0 saturated heterocycles. The summed E-state index contributed by atoms with van der Waals surface area (Å²) in [5.41, 5.74) is -1.73. The Balaban J connectivity index is 1.82. The van der Waals surface area contributed by atoms with Crippen molar-refractivity contribution >= 4 is 55.1 Å². The molecule has 4 aromatic rings. The minimum atomic E-state index is -4.81. The Bertz CT molecular complexity index is 1400. The Morgan fingerprint density at radius 2 is 1.88 bits per heavy atom. The van der Waals surface area contributed by atoms with Gasteiger partial charge in [0, 0.05) is 0 Å². The van der Waals surface area contributed by atoms with Crippen molar-refractivity contribution in [2.75, 3.05) is 12.4 Å². The molecule has 3 heterocycles. The zero-order chi connectivity index (χ0) is 23.9. The summed E-state index contributed by atoms with van der Waals surface area (Å²) in [7, 11) is 1.18. The number of fused-ring (bicyclic) bond motifs is 1. The summed E-state index contributed by atoms with van der Waals surface area (Å²) in [6.07, 6.45) is -4.81. The summed E-state index contributed by atoms with van der Waals surface area (Å²) in [6.45, 7) is 0. The number of carbonyl (C=O) groups excluding carboxylic acids is 2. The van der Waals surface area contributed by atoms with Gasteiger partial charge in [0.15, 0.2) is 27.5 Å². The second-order valence-corrected chi connectivity index (χ2v) is 8.09. The number of rotatable bonds is 4. The number of halogens is 5. The van der Waals surface area contributed by atoms with E-state index in [0.717, 1.165) is 6.07 Å². The van der Waals surface area contributed by atoms with E-state index in [4.69, 9.17) is 4.42 Å². The van der Waals surface area contributed by atoms with Gasteiger partial charge in [-0.1, -0.05) is 12.1 Å². The van der Waals surface area contributed by atoms with Crippen molar-refractivity contribution in [1.29, 1.82) is 0 Å². The van der Waals surface area contributed by atoms with Crippen LogP contribution in [-0.2, 0) is 10.9 Å². The highest BCUT2D eigenvalue weighted by molar-refractivity contribution is 9.10. The number of anilines is 1. The third-order valence-electron chi connectivity index (χ3n) is 4.44. The Hall–Kier alpha value is -3.19. The van der Waals surface area contributed by atoms with E-state index in [1.807, 2.05) is 0 Å². The molecule has 8 nitrogen and oxygen atoms in total. The molecule has 0 radical (unpaired) electrons. The maximum absolute atomic E-state index is 13.8. The van der Waals surface area contributed by atoms with Crippen LogP contribution in [0.3, 0.4) is 0 Å². The molecule has 1 amide bonds. The number of alkyl halides is 3. The first-order valence-electron chi connectivity index (χ1n) is 9.01. The van der Waals surface area contributed by atoms with Crippen LogP contribution in [0.15, 0.2) is 56.0 Å². The van der Waals surface area contributed by atoms with Crippen LogP contribution in [0.5, 0.6) is 0 Å². The molecule has 0 bridgehead atoms. The van der Waals surface area contributed by atoms with Crippen molar-refractivity contribution in [1.82, 2.24) is 14.6 Å². The van der Waals surface area contributed by atoms with E-state index in [1.54, 1.807) is 12.1 Å². The van der Waals surface area contributed by atoms with Gasteiger partial charge in [-0.2, -0.15) is 18.3 Å². The number of carbonyl (C=O) groups is 2. The summed E-state index contributed by atoms with van der Waals surface area (Å²) < 4.78 is 52.1. The lowest BCUT2D eigenvalue weighted by atomic mass is 10.1. The monoisotopic (exact) mass is 586 g/mol. The normalized spacial score (nSPS) is 11.6. The second kappa shape index (κ2) is 8.63. The summed E-state index contributed by atoms with van der Waals surface area (Å²) in [5.74, 6) is -1.48. The van der Waals surface area contributed by atoms with E-state index in [1.165, 1.54) is 31.4 Å². The second-order valence-electron chi connectivity index (χ2n) is 6.52. The average Bonchev–Trinajstić information content (AvgIpc) is 3.35. The number of furan rings is 1. The molecule has 13 heteroatoms. The SMILES string of the molecule is COC(=O)c1ccccc1NC(=O)c1nn2c(C(F)(F)F)cc(-c3ccc(Br)o3)nc2c1Br. The molecule has 1 N–H and O–H groups in total. The van der Waals surface area contributed by atoms with Crippen molar-refractivity contribution < 1.29 is 31.9 Å². The molecule has 33 heavy (non-hydrogen) atoms. The van der Waals surface area contributed by atoms with Crippen LogP contribution in [0.25, 0.3) is 17.1 Å². The number of hydrogen-bond donors (Lipinski definition) is 1. The summed E-state index contributed by atoms with van der Waals surface area (Å²) in [6, 6.07) is 9.74. The zero-order valence-corrected chi connectivity index (χ0v) is 19.6. The van der Waals surface area contributed by atoms with Crippen molar-refractivity contribution in [2.45, 2.75) is 6.18 Å². The van der Waals surface area contributed by atoms with E-state index in [-0.39, 0.29) is 38.5 Å². The fourth-order valence-corrected chi connectivity index (χ4v) is 3.80. The molecule has 4 rings (SSSR count). The third kappa shape index (κ3) is 4.37. The van der Waals surface area contributed by atoms with Gasteiger partial charge in [0.05, 0.1) is 22.8 Å². The number of ether oxygens (including phenoxy) is 1.